The lowest BCUT2D eigenvalue weighted by atomic mass is 10.1. The Labute approximate surface area is 200 Å². The molecule has 2 rings (SSSR count). The first-order valence-electron chi connectivity index (χ1n) is 11.0. The third-order valence-corrected chi connectivity index (χ3v) is 4.24. The van der Waals surface area contributed by atoms with Crippen LogP contribution in [0.3, 0.4) is 0 Å². The molecule has 180 valence electrons. The van der Waals surface area contributed by atoms with Crippen molar-refractivity contribution in [3.8, 4) is 0 Å². The minimum Gasteiger partial charge on any atom is -0.322 e. The van der Waals surface area contributed by atoms with Crippen LogP contribution in [-0.2, 0) is 4.79 Å². The van der Waals surface area contributed by atoms with Gasteiger partial charge in [0.2, 0.25) is 0 Å². The van der Waals surface area contributed by atoms with E-state index in [2.05, 4.69) is 12.2 Å². The Bertz CT molecular complexity index is 735. The van der Waals surface area contributed by atoms with Crippen molar-refractivity contribution in [3.05, 3.63) is 64.7 Å². The zero-order valence-corrected chi connectivity index (χ0v) is 21.8. The molecule has 0 amide bonds. The van der Waals surface area contributed by atoms with Gasteiger partial charge in [-0.3, -0.25) is 10.2 Å². The molecule has 0 saturated heterocycles. The van der Waals surface area contributed by atoms with Crippen LogP contribution in [0.1, 0.15) is 63.9 Å². The first-order valence-corrected chi connectivity index (χ1v) is 11.4. The molecule has 0 aliphatic rings. The van der Waals surface area contributed by atoms with Gasteiger partial charge in [0.25, 0.3) is 0 Å². The normalized spacial score (nSPS) is 8.53. The van der Waals surface area contributed by atoms with Crippen molar-refractivity contribution in [1.29, 1.82) is 5.41 Å². The van der Waals surface area contributed by atoms with Crippen LogP contribution < -0.4 is 10.2 Å². The van der Waals surface area contributed by atoms with E-state index in [0.717, 1.165) is 17.8 Å². The van der Waals surface area contributed by atoms with Crippen molar-refractivity contribution in [2.45, 2.75) is 54.9 Å². The highest BCUT2D eigenvalue weighted by atomic mass is 35.5. The van der Waals surface area contributed by atoms with Crippen molar-refractivity contribution in [1.82, 2.24) is 5.32 Å². The zero-order valence-electron chi connectivity index (χ0n) is 21.1. The van der Waals surface area contributed by atoms with E-state index in [1.54, 1.807) is 30.0 Å². The average molecular weight is 464 g/mol. The van der Waals surface area contributed by atoms with E-state index < -0.39 is 0 Å². The number of benzene rings is 2. The second kappa shape index (κ2) is 23.2. The minimum absolute atomic E-state index is 0.0263. The molecule has 2 aromatic rings. The molecule has 0 saturated carbocycles. The number of Topliss-reactive ketones (excluding diaryl/α,β-unsaturated/α-hetero) is 1. The number of ketones is 1. The van der Waals surface area contributed by atoms with E-state index in [4.69, 9.17) is 21.8 Å². The van der Waals surface area contributed by atoms with E-state index in [1.807, 2.05) is 78.8 Å². The Balaban J connectivity index is -0.000000652. The first-order chi connectivity index (χ1) is 15.4. The smallest absolute Gasteiger partial charge is 0.182 e. The topological polar surface area (TPSA) is 73.3 Å². The molecule has 2 aromatic carbocycles. The fraction of sp³-hybridized carbons (Fsp3) is 0.423. The van der Waals surface area contributed by atoms with E-state index in [0.29, 0.717) is 16.4 Å². The Morgan fingerprint density at radius 1 is 1.03 bits per heavy atom. The lowest BCUT2D eigenvalue weighted by molar-refractivity contribution is -0.0980. The lowest BCUT2D eigenvalue weighted by Crippen LogP contribution is -2.34. The summed E-state index contributed by atoms with van der Waals surface area (Å²) in [5.41, 5.74) is 2.30. The zero-order chi connectivity index (χ0) is 25.5. The third kappa shape index (κ3) is 13.7. The van der Waals surface area contributed by atoms with Gasteiger partial charge in [0.15, 0.2) is 5.78 Å². The van der Waals surface area contributed by atoms with E-state index in [-0.39, 0.29) is 12.3 Å². The molecule has 0 aliphatic heterocycles. The summed E-state index contributed by atoms with van der Waals surface area (Å²) in [6, 6.07) is 14.6. The Morgan fingerprint density at radius 2 is 1.56 bits per heavy atom. The number of carbonyl (C=O) groups is 2. The minimum atomic E-state index is -0.0263. The van der Waals surface area contributed by atoms with Crippen LogP contribution in [0.15, 0.2) is 48.5 Å². The van der Waals surface area contributed by atoms with Gasteiger partial charge in [0.05, 0.1) is 12.4 Å². The van der Waals surface area contributed by atoms with Gasteiger partial charge in [0.1, 0.15) is 6.79 Å². The van der Waals surface area contributed by atoms with Crippen LogP contribution in [0.5, 0.6) is 0 Å². The van der Waals surface area contributed by atoms with Gasteiger partial charge >= 0.3 is 0 Å². The van der Waals surface area contributed by atoms with Gasteiger partial charge in [-0.15, -0.1) is 0 Å². The van der Waals surface area contributed by atoms with Gasteiger partial charge < -0.3 is 15.0 Å². The molecule has 32 heavy (non-hydrogen) atoms. The maximum atomic E-state index is 12.4. The van der Waals surface area contributed by atoms with Crippen LogP contribution in [0.4, 0.5) is 5.69 Å². The Kier molecular flexibility index (Phi) is 24.7. The number of hydrogen-bond acceptors (Lipinski definition) is 4. The van der Waals surface area contributed by atoms with Gasteiger partial charge in [-0.05, 0) is 51.6 Å². The Hall–Kier alpha value is -2.50. The number of halogens is 1. The van der Waals surface area contributed by atoms with Gasteiger partial charge in [-0.25, -0.2) is 0 Å². The second-order valence-corrected chi connectivity index (χ2v) is 6.36. The maximum absolute atomic E-state index is 12.4. The summed E-state index contributed by atoms with van der Waals surface area (Å²) in [6.07, 6.45) is 1.23. The quantitative estimate of drug-likeness (QED) is 0.280. The van der Waals surface area contributed by atoms with Crippen LogP contribution in [-0.4, -0.2) is 38.5 Å². The fourth-order valence-electron chi connectivity index (χ4n) is 2.38. The monoisotopic (exact) mass is 463 g/mol. The van der Waals surface area contributed by atoms with Crippen LogP contribution in [0.2, 0.25) is 5.02 Å². The molecule has 0 bridgehead atoms. The molecule has 0 unspecified atom stereocenters. The van der Waals surface area contributed by atoms with Gasteiger partial charge in [0, 0.05) is 16.3 Å². The standard InChI is InChI=1S/C17H17ClN2O.C4H11N.2C2H6.CH2O/c1-12-15(18)9-6-10-16(12)20(13(2)19)11-17(21)14-7-4-3-5-8-14;1-3-4-5-2;3*1-2/h3-10,19H,11H2,1-2H3;5H,3-4H2,1-2H3;2*1-2H3;1H2. The number of anilines is 1. The SMILES string of the molecule is C=O.CC.CC.CC(=N)N(CC(=O)c1ccccc1)c1cccc(Cl)c1C.CCCNC. The highest BCUT2D eigenvalue weighted by molar-refractivity contribution is 6.31. The molecule has 0 fully saturated rings. The molecule has 0 atom stereocenters. The van der Waals surface area contributed by atoms with Crippen LogP contribution >= 0.6 is 11.6 Å². The second-order valence-electron chi connectivity index (χ2n) is 5.95. The van der Waals surface area contributed by atoms with Crippen molar-refractivity contribution in [3.63, 3.8) is 0 Å². The van der Waals surface area contributed by atoms with Crippen molar-refractivity contribution in [2.24, 2.45) is 0 Å². The molecular formula is C26H42ClN3O2. The average Bonchev–Trinajstić information content (AvgIpc) is 2.84. The summed E-state index contributed by atoms with van der Waals surface area (Å²) in [5, 5.41) is 11.6. The van der Waals surface area contributed by atoms with Crippen LogP contribution in [0, 0.1) is 12.3 Å². The molecule has 0 heterocycles. The van der Waals surface area contributed by atoms with E-state index in [1.165, 1.54) is 6.42 Å². The predicted molar refractivity (Wildman–Crippen MR) is 142 cm³/mol. The van der Waals surface area contributed by atoms with Crippen molar-refractivity contribution < 1.29 is 9.59 Å². The number of nitrogens with zero attached hydrogens (tertiary/aromatic N) is 1. The molecule has 6 heteroatoms. The molecule has 5 nitrogen and oxygen atoms in total. The number of amidine groups is 1. The predicted octanol–water partition coefficient (Wildman–Crippen LogP) is 6.82. The highest BCUT2D eigenvalue weighted by Gasteiger charge is 2.17. The summed E-state index contributed by atoms with van der Waals surface area (Å²) >= 11 is 6.13. The number of carbonyl (C=O) groups excluding carboxylic acids is 2. The van der Waals surface area contributed by atoms with Gasteiger partial charge in [-0.2, -0.15) is 0 Å². The van der Waals surface area contributed by atoms with Crippen LogP contribution in [0.25, 0.3) is 0 Å². The van der Waals surface area contributed by atoms with Crippen molar-refractivity contribution >= 4 is 35.7 Å². The summed E-state index contributed by atoms with van der Waals surface area (Å²) in [6.45, 7) is 17.0. The molecule has 0 aromatic heterocycles. The summed E-state index contributed by atoms with van der Waals surface area (Å²) in [4.78, 5) is 22.0. The highest BCUT2D eigenvalue weighted by Crippen LogP contribution is 2.27. The van der Waals surface area contributed by atoms with E-state index >= 15 is 0 Å². The first kappa shape index (κ1) is 34.1. The molecular weight excluding hydrogens is 422 g/mol. The van der Waals surface area contributed by atoms with Crippen molar-refractivity contribution in [2.75, 3.05) is 25.0 Å². The molecule has 2 N–H and O–H groups in total. The summed E-state index contributed by atoms with van der Waals surface area (Å²) in [7, 11) is 1.96. The summed E-state index contributed by atoms with van der Waals surface area (Å²) < 4.78 is 0. The summed E-state index contributed by atoms with van der Waals surface area (Å²) in [5.74, 6) is 0.284. The Morgan fingerprint density at radius 3 is 1.97 bits per heavy atom. The molecule has 0 spiro atoms. The lowest BCUT2D eigenvalue weighted by Gasteiger charge is -2.25. The fourth-order valence-corrected chi connectivity index (χ4v) is 2.55. The van der Waals surface area contributed by atoms with Gasteiger partial charge in [-0.1, -0.05) is 82.6 Å². The third-order valence-electron chi connectivity index (χ3n) is 3.83. The largest absolute Gasteiger partial charge is 0.322 e. The number of nitrogens with one attached hydrogen (secondary N) is 2. The van der Waals surface area contributed by atoms with E-state index in [9.17, 15) is 4.79 Å². The molecule has 0 aliphatic carbocycles. The number of hydrogen-bond donors (Lipinski definition) is 2. The maximum Gasteiger partial charge on any atom is 0.182 e. The molecule has 0 radical (unpaired) electrons. The number of rotatable bonds is 6.